The van der Waals surface area contributed by atoms with Crippen LogP contribution in [-0.4, -0.2) is 60.1 Å². The SMILES string of the molecule is CCn1ccc2cc(S(=O)(=O)N3CCN(C(=O)OC(C)(C)C)CC3)ccc21. The maximum absolute atomic E-state index is 13.0. The van der Waals surface area contributed by atoms with Gasteiger partial charge in [-0.05, 0) is 52.0 Å². The van der Waals surface area contributed by atoms with Gasteiger partial charge in [0.15, 0.2) is 0 Å². The number of amides is 1. The molecule has 3 rings (SSSR count). The summed E-state index contributed by atoms with van der Waals surface area (Å²) in [7, 11) is -3.59. The van der Waals surface area contributed by atoms with Gasteiger partial charge in [-0.25, -0.2) is 13.2 Å². The molecule has 1 aromatic carbocycles. The van der Waals surface area contributed by atoms with Gasteiger partial charge >= 0.3 is 6.09 Å². The third kappa shape index (κ3) is 4.11. The highest BCUT2D eigenvalue weighted by molar-refractivity contribution is 7.89. The minimum Gasteiger partial charge on any atom is -0.444 e. The van der Waals surface area contributed by atoms with Gasteiger partial charge in [0.05, 0.1) is 4.90 Å². The molecule has 2 aromatic rings. The van der Waals surface area contributed by atoms with E-state index in [1.807, 2.05) is 46.0 Å². The summed E-state index contributed by atoms with van der Waals surface area (Å²) in [4.78, 5) is 14.0. The van der Waals surface area contributed by atoms with Gasteiger partial charge in [-0.3, -0.25) is 0 Å². The molecule has 1 fully saturated rings. The molecule has 1 saturated heterocycles. The summed E-state index contributed by atoms with van der Waals surface area (Å²) >= 11 is 0. The predicted molar refractivity (Wildman–Crippen MR) is 104 cm³/mol. The van der Waals surface area contributed by atoms with E-state index in [-0.39, 0.29) is 18.0 Å². The molecule has 0 spiro atoms. The molecule has 0 aliphatic carbocycles. The van der Waals surface area contributed by atoms with Crippen molar-refractivity contribution >= 4 is 27.0 Å². The molecule has 1 aliphatic rings. The van der Waals surface area contributed by atoms with E-state index in [2.05, 4.69) is 4.57 Å². The molecule has 0 bridgehead atoms. The van der Waals surface area contributed by atoms with E-state index >= 15 is 0 Å². The van der Waals surface area contributed by atoms with E-state index in [1.54, 1.807) is 17.0 Å². The minimum atomic E-state index is -3.59. The van der Waals surface area contributed by atoms with E-state index in [4.69, 9.17) is 4.74 Å². The first-order valence-corrected chi connectivity index (χ1v) is 10.6. The molecule has 7 nitrogen and oxygen atoms in total. The number of carbonyl (C=O) groups is 1. The maximum atomic E-state index is 13.0. The second-order valence-electron chi connectivity index (χ2n) is 7.69. The van der Waals surface area contributed by atoms with Crippen molar-refractivity contribution in [3.8, 4) is 0 Å². The lowest BCUT2D eigenvalue weighted by molar-refractivity contribution is 0.0192. The van der Waals surface area contributed by atoms with Gasteiger partial charge in [0.2, 0.25) is 10.0 Å². The highest BCUT2D eigenvalue weighted by Gasteiger charge is 2.32. The van der Waals surface area contributed by atoms with Crippen molar-refractivity contribution in [3.05, 3.63) is 30.5 Å². The molecule has 0 unspecified atom stereocenters. The van der Waals surface area contributed by atoms with Gasteiger partial charge in [0, 0.05) is 49.8 Å². The first kappa shape index (κ1) is 19.7. The largest absolute Gasteiger partial charge is 0.444 e. The first-order valence-electron chi connectivity index (χ1n) is 9.19. The number of benzene rings is 1. The maximum Gasteiger partial charge on any atom is 0.410 e. The molecule has 0 atom stereocenters. The normalized spacial score (nSPS) is 16.7. The Kier molecular flexibility index (Phi) is 5.22. The Hall–Kier alpha value is -2.06. The number of rotatable bonds is 3. The Bertz CT molecular complexity index is 936. The van der Waals surface area contributed by atoms with Gasteiger partial charge in [0.1, 0.15) is 5.60 Å². The van der Waals surface area contributed by atoms with E-state index < -0.39 is 21.7 Å². The number of fused-ring (bicyclic) bond motifs is 1. The van der Waals surface area contributed by atoms with Crippen LogP contribution in [0.5, 0.6) is 0 Å². The van der Waals surface area contributed by atoms with Crippen LogP contribution in [0, 0.1) is 0 Å². The summed E-state index contributed by atoms with van der Waals surface area (Å²) in [6.45, 7) is 9.49. The van der Waals surface area contributed by atoms with Gasteiger partial charge < -0.3 is 14.2 Å². The lowest BCUT2D eigenvalue weighted by Gasteiger charge is -2.35. The van der Waals surface area contributed by atoms with Crippen molar-refractivity contribution in [2.45, 2.75) is 44.7 Å². The standard InChI is InChI=1S/C19H27N3O4S/c1-5-20-9-8-15-14-16(6-7-17(15)20)27(24,25)22-12-10-21(11-13-22)18(23)26-19(2,3)4/h6-9,14H,5,10-13H2,1-4H3. The molecule has 0 N–H and O–H groups in total. The molecule has 1 amide bonds. The second-order valence-corrected chi connectivity index (χ2v) is 9.63. The molecule has 1 aromatic heterocycles. The number of piperazine rings is 1. The molecular weight excluding hydrogens is 366 g/mol. The molecule has 8 heteroatoms. The fourth-order valence-corrected chi connectivity index (χ4v) is 4.66. The zero-order chi connectivity index (χ0) is 19.8. The van der Waals surface area contributed by atoms with Crippen molar-refractivity contribution in [1.82, 2.24) is 13.8 Å². The van der Waals surface area contributed by atoms with Gasteiger partial charge in [0.25, 0.3) is 0 Å². The monoisotopic (exact) mass is 393 g/mol. The summed E-state index contributed by atoms with van der Waals surface area (Å²) in [5, 5.41) is 0.908. The summed E-state index contributed by atoms with van der Waals surface area (Å²) in [6, 6.07) is 7.15. The van der Waals surface area contributed by atoms with Crippen molar-refractivity contribution in [2.24, 2.45) is 0 Å². The van der Waals surface area contributed by atoms with Crippen LogP contribution in [-0.2, 0) is 21.3 Å². The fourth-order valence-electron chi connectivity index (χ4n) is 3.20. The second kappa shape index (κ2) is 7.16. The number of ether oxygens (including phenoxy) is 1. The number of carbonyl (C=O) groups excluding carboxylic acids is 1. The highest BCUT2D eigenvalue weighted by Crippen LogP contribution is 2.24. The summed E-state index contributed by atoms with van der Waals surface area (Å²) in [5.41, 5.74) is 0.455. The van der Waals surface area contributed by atoms with Crippen molar-refractivity contribution in [1.29, 1.82) is 0 Å². The molecule has 0 radical (unpaired) electrons. The molecule has 0 saturated carbocycles. The van der Waals surface area contributed by atoms with Gasteiger partial charge in [-0.1, -0.05) is 0 Å². The van der Waals surface area contributed by atoms with Crippen molar-refractivity contribution in [3.63, 3.8) is 0 Å². The van der Waals surface area contributed by atoms with Crippen LogP contribution < -0.4 is 0 Å². The third-order valence-corrected chi connectivity index (χ3v) is 6.51. The number of sulfonamides is 1. The lowest BCUT2D eigenvalue weighted by atomic mass is 10.2. The molecule has 27 heavy (non-hydrogen) atoms. The average molecular weight is 394 g/mol. The van der Waals surface area contributed by atoms with Crippen LogP contribution >= 0.6 is 0 Å². The summed E-state index contributed by atoms with van der Waals surface area (Å²) in [5.74, 6) is 0. The van der Waals surface area contributed by atoms with Crippen LogP contribution in [0.1, 0.15) is 27.7 Å². The topological polar surface area (TPSA) is 71.9 Å². The van der Waals surface area contributed by atoms with E-state index in [9.17, 15) is 13.2 Å². The Balaban J connectivity index is 1.72. The van der Waals surface area contributed by atoms with E-state index in [0.717, 1.165) is 17.4 Å². The third-order valence-electron chi connectivity index (χ3n) is 4.61. The van der Waals surface area contributed by atoms with Crippen LogP contribution in [0.3, 0.4) is 0 Å². The summed E-state index contributed by atoms with van der Waals surface area (Å²) in [6.07, 6.45) is 1.56. The van der Waals surface area contributed by atoms with Crippen LogP contribution in [0.2, 0.25) is 0 Å². The van der Waals surface area contributed by atoms with Crippen LogP contribution in [0.25, 0.3) is 10.9 Å². The number of aryl methyl sites for hydroxylation is 1. The van der Waals surface area contributed by atoms with Gasteiger partial charge in [-0.15, -0.1) is 0 Å². The first-order chi connectivity index (χ1) is 12.6. The fraction of sp³-hybridized carbons (Fsp3) is 0.526. The molecule has 148 valence electrons. The molecular formula is C19H27N3O4S. The Morgan fingerprint density at radius 2 is 1.78 bits per heavy atom. The Morgan fingerprint density at radius 3 is 2.37 bits per heavy atom. The highest BCUT2D eigenvalue weighted by atomic mass is 32.2. The van der Waals surface area contributed by atoms with Gasteiger partial charge in [-0.2, -0.15) is 4.31 Å². The lowest BCUT2D eigenvalue weighted by Crippen LogP contribution is -2.51. The van der Waals surface area contributed by atoms with Crippen molar-refractivity contribution in [2.75, 3.05) is 26.2 Å². The number of nitrogens with zero attached hydrogens (tertiary/aromatic N) is 3. The predicted octanol–water partition coefficient (Wildman–Crippen LogP) is 2.90. The van der Waals surface area contributed by atoms with E-state index in [1.165, 1.54) is 4.31 Å². The Labute approximate surface area is 160 Å². The number of hydrogen-bond acceptors (Lipinski definition) is 4. The zero-order valence-electron chi connectivity index (χ0n) is 16.3. The average Bonchev–Trinajstić information content (AvgIpc) is 3.02. The number of hydrogen-bond donors (Lipinski definition) is 0. The van der Waals surface area contributed by atoms with Crippen molar-refractivity contribution < 1.29 is 17.9 Å². The van der Waals surface area contributed by atoms with Crippen LogP contribution in [0.15, 0.2) is 35.4 Å². The molecule has 1 aliphatic heterocycles. The molecule has 2 heterocycles. The quantitative estimate of drug-likeness (QED) is 0.804. The van der Waals surface area contributed by atoms with Crippen LogP contribution in [0.4, 0.5) is 4.79 Å². The van der Waals surface area contributed by atoms with E-state index in [0.29, 0.717) is 13.1 Å². The minimum absolute atomic E-state index is 0.260. The summed E-state index contributed by atoms with van der Waals surface area (Å²) < 4.78 is 34.9. The number of aromatic nitrogens is 1. The smallest absolute Gasteiger partial charge is 0.410 e. The zero-order valence-corrected chi connectivity index (χ0v) is 17.1. The Morgan fingerprint density at radius 1 is 1.11 bits per heavy atom.